The first-order valence-electron chi connectivity index (χ1n) is 3.32. The average Bonchev–Trinajstić information content (AvgIpc) is 2.48. The maximum Gasteiger partial charge on any atom is 0.341 e. The Labute approximate surface area is 76.9 Å². The normalized spacial score (nSPS) is 10.5. The molecule has 0 aliphatic rings. The van der Waals surface area contributed by atoms with Crippen molar-refractivity contribution >= 4 is 28.5 Å². The van der Waals surface area contributed by atoms with E-state index in [1.807, 2.05) is 0 Å². The zero-order valence-electron chi connectivity index (χ0n) is 6.19. The highest BCUT2D eigenvalue weighted by atomic mass is 35.5. The molecule has 0 aliphatic heterocycles. The zero-order chi connectivity index (χ0) is 9.42. The van der Waals surface area contributed by atoms with Gasteiger partial charge in [-0.1, -0.05) is 16.8 Å². The summed E-state index contributed by atoms with van der Waals surface area (Å²) >= 11 is 5.61. The van der Waals surface area contributed by atoms with Gasteiger partial charge in [0.1, 0.15) is 5.56 Å². The molecule has 2 rings (SSSR count). The number of fused-ring (bicyclic) bond motifs is 1. The van der Waals surface area contributed by atoms with Crippen LogP contribution in [0.5, 0.6) is 0 Å². The van der Waals surface area contributed by atoms with Gasteiger partial charge in [0.15, 0.2) is 10.7 Å². The first-order valence-corrected chi connectivity index (χ1v) is 3.70. The largest absolute Gasteiger partial charge is 0.477 e. The van der Waals surface area contributed by atoms with E-state index in [2.05, 4.69) is 10.1 Å². The minimum atomic E-state index is -1.12. The number of pyridine rings is 1. The highest BCUT2D eigenvalue weighted by Gasteiger charge is 2.15. The highest BCUT2D eigenvalue weighted by molar-refractivity contribution is 6.34. The van der Waals surface area contributed by atoms with Crippen molar-refractivity contribution in [1.29, 1.82) is 0 Å². The number of aromatic carboxylic acids is 1. The Bertz CT molecular complexity index is 480. The average molecular weight is 199 g/mol. The number of carboxylic acid groups (broad SMARTS) is 1. The molecule has 0 atom stereocenters. The van der Waals surface area contributed by atoms with Crippen LogP contribution in [0.2, 0.25) is 5.15 Å². The summed E-state index contributed by atoms with van der Waals surface area (Å²) in [5.41, 5.74) is 0.101. The third kappa shape index (κ3) is 1.13. The molecule has 0 saturated carbocycles. The van der Waals surface area contributed by atoms with Crippen LogP contribution in [0.4, 0.5) is 0 Å². The third-order valence-corrected chi connectivity index (χ3v) is 1.84. The Morgan fingerprint density at radius 2 is 2.31 bits per heavy atom. The molecule has 0 amide bonds. The second kappa shape index (κ2) is 2.70. The van der Waals surface area contributed by atoms with Crippen molar-refractivity contribution in [3.8, 4) is 0 Å². The molecule has 5 nitrogen and oxygen atoms in total. The van der Waals surface area contributed by atoms with Gasteiger partial charge in [-0.15, -0.1) is 0 Å². The number of rotatable bonds is 1. The van der Waals surface area contributed by atoms with E-state index in [0.29, 0.717) is 5.39 Å². The quantitative estimate of drug-likeness (QED) is 0.753. The Morgan fingerprint density at radius 1 is 1.54 bits per heavy atom. The monoisotopic (exact) mass is 198 g/mol. The van der Waals surface area contributed by atoms with Gasteiger partial charge < -0.3 is 9.63 Å². The summed E-state index contributed by atoms with van der Waals surface area (Å²) in [6.45, 7) is 0. The summed E-state index contributed by atoms with van der Waals surface area (Å²) in [7, 11) is 0. The van der Waals surface area contributed by atoms with E-state index < -0.39 is 5.97 Å². The summed E-state index contributed by atoms with van der Waals surface area (Å²) in [6, 6.07) is 0. The predicted molar refractivity (Wildman–Crippen MR) is 43.8 cm³/mol. The summed E-state index contributed by atoms with van der Waals surface area (Å²) < 4.78 is 4.74. The van der Waals surface area contributed by atoms with Gasteiger partial charge in [-0.05, 0) is 0 Å². The number of nitrogens with zero attached hydrogens (tertiary/aromatic N) is 2. The molecular formula is C7H3ClN2O3. The van der Waals surface area contributed by atoms with E-state index in [0.717, 1.165) is 0 Å². The fourth-order valence-corrected chi connectivity index (χ4v) is 1.15. The maximum absolute atomic E-state index is 10.7. The molecule has 6 heteroatoms. The topological polar surface area (TPSA) is 76.2 Å². The van der Waals surface area contributed by atoms with Gasteiger partial charge in [-0.3, -0.25) is 4.98 Å². The van der Waals surface area contributed by atoms with E-state index in [4.69, 9.17) is 21.2 Å². The van der Waals surface area contributed by atoms with Crippen molar-refractivity contribution in [3.05, 3.63) is 23.1 Å². The lowest BCUT2D eigenvalue weighted by atomic mass is 10.2. The van der Waals surface area contributed by atoms with Crippen LogP contribution >= 0.6 is 11.6 Å². The molecule has 0 saturated heterocycles. The molecule has 0 spiro atoms. The van der Waals surface area contributed by atoms with Crippen LogP contribution < -0.4 is 0 Å². The second-order valence-electron chi connectivity index (χ2n) is 2.34. The van der Waals surface area contributed by atoms with Crippen LogP contribution in [0.25, 0.3) is 11.0 Å². The predicted octanol–water partition coefficient (Wildman–Crippen LogP) is 1.57. The van der Waals surface area contributed by atoms with Gasteiger partial charge in [0.25, 0.3) is 0 Å². The molecule has 2 aromatic rings. The van der Waals surface area contributed by atoms with Gasteiger partial charge >= 0.3 is 5.97 Å². The van der Waals surface area contributed by atoms with Gasteiger partial charge in [0.05, 0.1) is 5.39 Å². The van der Waals surface area contributed by atoms with Crippen LogP contribution in [0.3, 0.4) is 0 Å². The first kappa shape index (κ1) is 8.00. The van der Waals surface area contributed by atoms with Crippen LogP contribution in [0.15, 0.2) is 16.9 Å². The lowest BCUT2D eigenvalue weighted by molar-refractivity contribution is 0.0697. The third-order valence-electron chi connectivity index (χ3n) is 1.57. The van der Waals surface area contributed by atoms with Gasteiger partial charge in [-0.25, -0.2) is 4.79 Å². The minimum Gasteiger partial charge on any atom is -0.477 e. The van der Waals surface area contributed by atoms with E-state index >= 15 is 0 Å². The van der Waals surface area contributed by atoms with E-state index in [1.54, 1.807) is 0 Å². The van der Waals surface area contributed by atoms with Crippen molar-refractivity contribution < 1.29 is 14.4 Å². The van der Waals surface area contributed by atoms with Crippen molar-refractivity contribution in [3.63, 3.8) is 0 Å². The second-order valence-corrected chi connectivity index (χ2v) is 2.70. The molecule has 0 unspecified atom stereocenters. The Morgan fingerprint density at radius 3 is 3.00 bits per heavy atom. The van der Waals surface area contributed by atoms with E-state index in [9.17, 15) is 4.79 Å². The summed E-state index contributed by atoms with van der Waals surface area (Å²) in [5, 5.41) is 12.7. The summed E-state index contributed by atoms with van der Waals surface area (Å²) in [4.78, 5) is 14.4. The Kier molecular flexibility index (Phi) is 1.66. The van der Waals surface area contributed by atoms with Crippen LogP contribution in [-0.2, 0) is 0 Å². The highest BCUT2D eigenvalue weighted by Crippen LogP contribution is 2.23. The van der Waals surface area contributed by atoms with Crippen LogP contribution in [-0.4, -0.2) is 21.2 Å². The molecule has 0 aromatic carbocycles. The van der Waals surface area contributed by atoms with Crippen LogP contribution in [0, 0.1) is 0 Å². The fraction of sp³-hybridized carbons (Fsp3) is 0. The Hall–Kier alpha value is -1.62. The zero-order valence-corrected chi connectivity index (χ0v) is 6.95. The van der Waals surface area contributed by atoms with Crippen molar-refractivity contribution in [2.75, 3.05) is 0 Å². The van der Waals surface area contributed by atoms with E-state index in [-0.39, 0.29) is 16.3 Å². The SMILES string of the molecule is O=C(O)c1cncc2c(Cl)noc12. The fourth-order valence-electron chi connectivity index (χ4n) is 0.981. The first-order chi connectivity index (χ1) is 6.20. The lowest BCUT2D eigenvalue weighted by Gasteiger charge is -1.91. The summed E-state index contributed by atoms with van der Waals surface area (Å²) in [6.07, 6.45) is 2.59. The van der Waals surface area contributed by atoms with Gasteiger partial charge in [-0.2, -0.15) is 0 Å². The minimum absolute atomic E-state index is 0.0445. The molecule has 2 heterocycles. The molecule has 1 N–H and O–H groups in total. The maximum atomic E-state index is 10.7. The smallest absolute Gasteiger partial charge is 0.341 e. The number of hydrogen-bond acceptors (Lipinski definition) is 4. The summed E-state index contributed by atoms with van der Waals surface area (Å²) in [5.74, 6) is -1.12. The Balaban J connectivity index is 2.84. The standard InChI is InChI=1S/C7H3ClN2O3/c8-6-3-1-9-2-4(7(11)12)5(3)13-10-6/h1-2H,(H,11,12). The van der Waals surface area contributed by atoms with Crippen LogP contribution in [0.1, 0.15) is 10.4 Å². The van der Waals surface area contributed by atoms with Crippen molar-refractivity contribution in [2.45, 2.75) is 0 Å². The molecule has 2 aromatic heterocycles. The number of carbonyl (C=O) groups is 1. The molecule has 13 heavy (non-hydrogen) atoms. The molecule has 0 radical (unpaired) electrons. The van der Waals surface area contributed by atoms with Crippen molar-refractivity contribution in [2.24, 2.45) is 0 Å². The number of hydrogen-bond donors (Lipinski definition) is 1. The van der Waals surface area contributed by atoms with Gasteiger partial charge in [0, 0.05) is 12.4 Å². The number of halogens is 1. The van der Waals surface area contributed by atoms with Gasteiger partial charge in [0.2, 0.25) is 0 Å². The molecule has 0 aliphatic carbocycles. The number of carboxylic acids is 1. The lowest BCUT2D eigenvalue weighted by Crippen LogP contribution is -1.96. The molecule has 66 valence electrons. The molecule has 0 fully saturated rings. The number of aromatic nitrogens is 2. The van der Waals surface area contributed by atoms with Crippen molar-refractivity contribution in [1.82, 2.24) is 10.1 Å². The molecule has 0 bridgehead atoms. The molecular weight excluding hydrogens is 196 g/mol. The van der Waals surface area contributed by atoms with E-state index in [1.165, 1.54) is 12.4 Å².